The van der Waals surface area contributed by atoms with E-state index in [-0.39, 0.29) is 12.7 Å². The van der Waals surface area contributed by atoms with Gasteiger partial charge in [0.05, 0.1) is 28.9 Å². The van der Waals surface area contributed by atoms with Crippen LogP contribution in [0, 0.1) is 6.92 Å². The summed E-state index contributed by atoms with van der Waals surface area (Å²) in [6, 6.07) is 12.2. The van der Waals surface area contributed by atoms with Crippen LogP contribution in [0.2, 0.25) is 5.02 Å². The Morgan fingerprint density at radius 1 is 1.10 bits per heavy atom. The number of benzene rings is 2. The third-order valence-electron chi connectivity index (χ3n) is 4.29. The van der Waals surface area contributed by atoms with Gasteiger partial charge in [-0.1, -0.05) is 23.7 Å². The number of halogens is 1. The number of nitrogens with zero attached hydrogens (tertiary/aromatic N) is 1. The molecule has 0 aliphatic carbocycles. The Balaban J connectivity index is 2.02. The molecule has 0 saturated carbocycles. The normalized spacial score (nSPS) is 14.3. The largest absolute Gasteiger partial charge is 0.491 e. The molecule has 1 aliphatic heterocycles. The fourth-order valence-electron chi connectivity index (χ4n) is 3.11. The van der Waals surface area contributed by atoms with E-state index < -0.39 is 11.8 Å². The summed E-state index contributed by atoms with van der Waals surface area (Å²) in [5.74, 6) is 0.227. The van der Waals surface area contributed by atoms with Crippen LogP contribution in [0.15, 0.2) is 47.4 Å². The maximum Gasteiger partial charge on any atom is 0.272 e. The van der Waals surface area contributed by atoms with Crippen LogP contribution in [-0.2, 0) is 9.59 Å². The van der Waals surface area contributed by atoms with Crippen LogP contribution in [0.25, 0.3) is 5.57 Å². The first-order valence-corrected chi connectivity index (χ1v) is 10.6. The number of carbonyl (C=O) groups is 2. The van der Waals surface area contributed by atoms with Gasteiger partial charge in [-0.25, -0.2) is 4.90 Å². The Morgan fingerprint density at radius 2 is 1.79 bits per heavy atom. The van der Waals surface area contributed by atoms with Gasteiger partial charge in [0, 0.05) is 10.8 Å². The van der Waals surface area contributed by atoms with Crippen molar-refractivity contribution in [2.75, 3.05) is 17.3 Å². The first-order valence-electron chi connectivity index (χ1n) is 9.23. The van der Waals surface area contributed by atoms with E-state index in [4.69, 9.17) is 16.3 Å². The van der Waals surface area contributed by atoms with Crippen molar-refractivity contribution >= 4 is 46.4 Å². The molecule has 0 radical (unpaired) electrons. The molecule has 5 nitrogen and oxygen atoms in total. The Morgan fingerprint density at radius 3 is 2.38 bits per heavy atom. The highest BCUT2D eigenvalue weighted by molar-refractivity contribution is 8.04. The van der Waals surface area contributed by atoms with Crippen LogP contribution >= 0.6 is 23.4 Å². The van der Waals surface area contributed by atoms with E-state index in [0.717, 1.165) is 5.56 Å². The van der Waals surface area contributed by atoms with Crippen molar-refractivity contribution in [3.05, 3.63) is 63.5 Å². The van der Waals surface area contributed by atoms with Gasteiger partial charge in [-0.15, -0.1) is 11.8 Å². The summed E-state index contributed by atoms with van der Waals surface area (Å²) in [6.45, 7) is 5.58. The van der Waals surface area contributed by atoms with Gasteiger partial charge < -0.3 is 9.84 Å². The second-order valence-electron chi connectivity index (χ2n) is 6.84. The number of aliphatic hydroxyl groups is 1. The van der Waals surface area contributed by atoms with Crippen molar-refractivity contribution in [2.24, 2.45) is 0 Å². The lowest BCUT2D eigenvalue weighted by Crippen LogP contribution is -2.32. The van der Waals surface area contributed by atoms with Gasteiger partial charge in [-0.3, -0.25) is 9.59 Å². The van der Waals surface area contributed by atoms with Crippen LogP contribution in [0.3, 0.4) is 0 Å². The molecule has 0 saturated heterocycles. The van der Waals surface area contributed by atoms with Crippen molar-refractivity contribution in [3.63, 3.8) is 0 Å². The molecule has 2 amide bonds. The summed E-state index contributed by atoms with van der Waals surface area (Å²) in [5.41, 5.74) is 2.20. The fourth-order valence-corrected chi connectivity index (χ4v) is 4.19. The molecular formula is C22H22ClNO4S. The Hall–Kier alpha value is -2.28. The number of rotatable bonds is 7. The quantitative estimate of drug-likeness (QED) is 0.656. The van der Waals surface area contributed by atoms with E-state index >= 15 is 0 Å². The number of aryl methyl sites for hydroxylation is 1. The molecule has 2 aromatic carbocycles. The van der Waals surface area contributed by atoms with Crippen molar-refractivity contribution in [3.8, 4) is 5.75 Å². The monoisotopic (exact) mass is 431 g/mol. The molecule has 2 aromatic rings. The third kappa shape index (κ3) is 4.50. The van der Waals surface area contributed by atoms with Gasteiger partial charge in [-0.2, -0.15) is 0 Å². The lowest BCUT2D eigenvalue weighted by Gasteiger charge is -2.18. The summed E-state index contributed by atoms with van der Waals surface area (Å²) in [4.78, 5) is 27.9. The van der Waals surface area contributed by atoms with E-state index in [0.29, 0.717) is 38.3 Å². The smallest absolute Gasteiger partial charge is 0.272 e. The number of hydrogen-bond donors (Lipinski definition) is 1. The average Bonchev–Trinajstić information content (AvgIpc) is 2.90. The number of imide groups is 1. The maximum absolute atomic E-state index is 13.3. The van der Waals surface area contributed by atoms with Gasteiger partial charge in [-0.05, 0) is 62.2 Å². The van der Waals surface area contributed by atoms with Gasteiger partial charge in [0.1, 0.15) is 5.75 Å². The molecule has 1 heterocycles. The predicted molar refractivity (Wildman–Crippen MR) is 117 cm³/mol. The van der Waals surface area contributed by atoms with Gasteiger partial charge >= 0.3 is 0 Å². The zero-order valence-corrected chi connectivity index (χ0v) is 18.0. The number of ether oxygens (including phenoxy) is 1. The topological polar surface area (TPSA) is 66.8 Å². The molecule has 1 N–H and O–H groups in total. The fraction of sp³-hybridized carbons (Fsp3) is 0.273. The van der Waals surface area contributed by atoms with Crippen molar-refractivity contribution in [2.45, 2.75) is 26.9 Å². The molecule has 152 valence electrons. The van der Waals surface area contributed by atoms with Gasteiger partial charge in [0.2, 0.25) is 0 Å². The first kappa shape index (κ1) is 21.4. The zero-order chi connectivity index (χ0) is 21.1. The van der Waals surface area contributed by atoms with E-state index in [2.05, 4.69) is 0 Å². The van der Waals surface area contributed by atoms with E-state index in [9.17, 15) is 14.7 Å². The molecule has 1 aliphatic rings. The predicted octanol–water partition coefficient (Wildman–Crippen LogP) is 4.45. The molecule has 0 fully saturated rings. The van der Waals surface area contributed by atoms with E-state index in [1.807, 2.05) is 13.8 Å². The average molecular weight is 432 g/mol. The molecule has 0 aromatic heterocycles. The summed E-state index contributed by atoms with van der Waals surface area (Å²) >= 11 is 7.21. The van der Waals surface area contributed by atoms with Crippen LogP contribution in [0.4, 0.5) is 5.69 Å². The second kappa shape index (κ2) is 9.03. The molecule has 0 atom stereocenters. The molecule has 29 heavy (non-hydrogen) atoms. The minimum Gasteiger partial charge on any atom is -0.491 e. The van der Waals surface area contributed by atoms with Gasteiger partial charge in [0.15, 0.2) is 0 Å². The summed E-state index contributed by atoms with van der Waals surface area (Å²) in [6.07, 6.45) is 0.0359. The van der Waals surface area contributed by atoms with Gasteiger partial charge in [0.25, 0.3) is 11.8 Å². The first-order chi connectivity index (χ1) is 13.8. The van der Waals surface area contributed by atoms with Crippen LogP contribution in [0.1, 0.15) is 25.0 Å². The number of amides is 2. The highest BCUT2D eigenvalue weighted by Gasteiger charge is 2.40. The molecule has 0 spiro atoms. The van der Waals surface area contributed by atoms with E-state index in [1.165, 1.54) is 16.7 Å². The van der Waals surface area contributed by atoms with Crippen LogP contribution < -0.4 is 9.64 Å². The highest BCUT2D eigenvalue weighted by Crippen LogP contribution is 2.40. The van der Waals surface area contributed by atoms with Crippen LogP contribution in [-0.4, -0.2) is 35.4 Å². The highest BCUT2D eigenvalue weighted by atomic mass is 35.5. The lowest BCUT2D eigenvalue weighted by atomic mass is 10.1. The maximum atomic E-state index is 13.3. The van der Waals surface area contributed by atoms with Crippen molar-refractivity contribution in [1.29, 1.82) is 0 Å². The Kier molecular flexibility index (Phi) is 6.67. The molecular weight excluding hydrogens is 410 g/mol. The zero-order valence-electron chi connectivity index (χ0n) is 16.4. The third-order valence-corrected chi connectivity index (χ3v) is 5.58. The SMILES string of the molecule is Cc1cc(Cl)ccc1N1C(=O)C(SCCO)=C(c2ccc(OC(C)C)cc2)C1=O. The minimum absolute atomic E-state index is 0.0359. The Labute approximate surface area is 179 Å². The van der Waals surface area contributed by atoms with Crippen LogP contribution in [0.5, 0.6) is 5.75 Å². The number of anilines is 1. The van der Waals surface area contributed by atoms with E-state index in [1.54, 1.807) is 49.4 Å². The Bertz CT molecular complexity index is 969. The summed E-state index contributed by atoms with van der Waals surface area (Å²) in [5, 5.41) is 9.77. The number of carbonyl (C=O) groups excluding carboxylic acids is 2. The molecule has 0 unspecified atom stereocenters. The number of thioether (sulfide) groups is 1. The number of aliphatic hydroxyl groups excluding tert-OH is 1. The lowest BCUT2D eigenvalue weighted by molar-refractivity contribution is -0.119. The molecule has 7 heteroatoms. The molecule has 3 rings (SSSR count). The molecule has 0 bridgehead atoms. The van der Waals surface area contributed by atoms with Crippen molar-refractivity contribution in [1.82, 2.24) is 0 Å². The summed E-state index contributed by atoms with van der Waals surface area (Å²) in [7, 11) is 0. The second-order valence-corrected chi connectivity index (χ2v) is 8.39. The standard InChI is InChI=1S/C22H22ClNO4S/c1-13(2)28-17-7-4-15(5-8-17)19-20(29-11-10-25)22(27)24(21(19)26)18-9-6-16(23)12-14(18)3/h4-9,12-13,25H,10-11H2,1-3H3. The minimum atomic E-state index is -0.392. The summed E-state index contributed by atoms with van der Waals surface area (Å²) < 4.78 is 5.66. The number of hydrogen-bond acceptors (Lipinski definition) is 5. The van der Waals surface area contributed by atoms with Crippen molar-refractivity contribution < 1.29 is 19.4 Å².